The van der Waals surface area contributed by atoms with Crippen LogP contribution in [0.5, 0.6) is 0 Å². The van der Waals surface area contributed by atoms with Gasteiger partial charge >= 0.3 is 0 Å². The van der Waals surface area contributed by atoms with Crippen molar-refractivity contribution in [3.05, 3.63) is 30.1 Å². The second-order valence-electron chi connectivity index (χ2n) is 6.27. The van der Waals surface area contributed by atoms with Crippen molar-refractivity contribution >= 4 is 0 Å². The number of rotatable bonds is 10. The van der Waals surface area contributed by atoms with Crippen LogP contribution in [0, 0.1) is 5.41 Å². The molecule has 1 heterocycles. The molecule has 0 spiro atoms. The van der Waals surface area contributed by atoms with E-state index in [1.165, 1.54) is 24.8 Å². The summed E-state index contributed by atoms with van der Waals surface area (Å²) in [6.07, 6.45) is 7.50. The largest absolute Gasteiger partial charge is 0.316 e. The summed E-state index contributed by atoms with van der Waals surface area (Å²) < 4.78 is 0. The minimum absolute atomic E-state index is 0.348. The highest BCUT2D eigenvalue weighted by atomic mass is 15.1. The molecule has 0 fully saturated rings. The maximum absolute atomic E-state index is 4.19. The fraction of sp³-hybridized carbons (Fsp3) is 0.706. The van der Waals surface area contributed by atoms with Crippen LogP contribution in [-0.2, 0) is 6.54 Å². The molecule has 1 unspecified atom stereocenters. The van der Waals surface area contributed by atoms with Gasteiger partial charge in [0.25, 0.3) is 0 Å². The molecule has 20 heavy (non-hydrogen) atoms. The second kappa shape index (κ2) is 9.09. The third-order valence-corrected chi connectivity index (χ3v) is 3.66. The smallest absolute Gasteiger partial charge is 0.0312 e. The molecule has 0 aliphatic heterocycles. The van der Waals surface area contributed by atoms with E-state index in [1.807, 2.05) is 18.5 Å². The van der Waals surface area contributed by atoms with E-state index in [9.17, 15) is 0 Å². The quantitative estimate of drug-likeness (QED) is 0.665. The first kappa shape index (κ1) is 17.1. The van der Waals surface area contributed by atoms with E-state index in [1.54, 1.807) is 0 Å². The van der Waals surface area contributed by atoms with Crippen LogP contribution in [0.1, 0.15) is 45.6 Å². The molecular formula is C17H31N3. The first-order valence-corrected chi connectivity index (χ1v) is 7.88. The van der Waals surface area contributed by atoms with Crippen LogP contribution in [-0.4, -0.2) is 36.6 Å². The average Bonchev–Trinajstić information content (AvgIpc) is 2.40. The molecule has 3 nitrogen and oxygen atoms in total. The van der Waals surface area contributed by atoms with E-state index in [4.69, 9.17) is 0 Å². The zero-order chi connectivity index (χ0) is 14.8. The maximum Gasteiger partial charge on any atom is 0.0312 e. The van der Waals surface area contributed by atoms with Gasteiger partial charge in [-0.1, -0.05) is 33.3 Å². The van der Waals surface area contributed by atoms with E-state index in [2.05, 4.69) is 49.1 Å². The number of aromatic nitrogens is 1. The third kappa shape index (κ3) is 6.49. The lowest BCUT2D eigenvalue weighted by molar-refractivity contribution is 0.168. The topological polar surface area (TPSA) is 28.2 Å². The van der Waals surface area contributed by atoms with Gasteiger partial charge in [-0.3, -0.25) is 4.98 Å². The highest BCUT2D eigenvalue weighted by Gasteiger charge is 2.24. The molecular weight excluding hydrogens is 246 g/mol. The highest BCUT2D eigenvalue weighted by molar-refractivity contribution is 5.08. The molecule has 1 rings (SSSR count). The molecule has 1 N–H and O–H groups in total. The standard InChI is InChI=1S/C17H31N3/c1-5-9-17(3,14-19-10-6-2)15-20(4)13-16-8-7-11-18-12-16/h7-8,11-12,19H,5-6,9-10,13-15H2,1-4H3. The van der Waals surface area contributed by atoms with Gasteiger partial charge in [-0.15, -0.1) is 0 Å². The lowest BCUT2D eigenvalue weighted by Crippen LogP contribution is -2.41. The van der Waals surface area contributed by atoms with Gasteiger partial charge in [-0.25, -0.2) is 0 Å². The number of hydrogen-bond donors (Lipinski definition) is 1. The summed E-state index contributed by atoms with van der Waals surface area (Å²) in [4.78, 5) is 6.61. The lowest BCUT2D eigenvalue weighted by atomic mass is 9.84. The van der Waals surface area contributed by atoms with Crippen LogP contribution in [0.25, 0.3) is 0 Å². The summed E-state index contributed by atoms with van der Waals surface area (Å²) >= 11 is 0. The molecule has 0 amide bonds. The van der Waals surface area contributed by atoms with Gasteiger partial charge in [0.05, 0.1) is 0 Å². The van der Waals surface area contributed by atoms with Crippen molar-refractivity contribution in [3.63, 3.8) is 0 Å². The van der Waals surface area contributed by atoms with E-state index in [0.717, 1.165) is 26.2 Å². The molecule has 3 heteroatoms. The Balaban J connectivity index is 2.50. The van der Waals surface area contributed by atoms with Crippen LogP contribution < -0.4 is 5.32 Å². The van der Waals surface area contributed by atoms with Crippen LogP contribution in [0.15, 0.2) is 24.5 Å². The van der Waals surface area contributed by atoms with Gasteiger partial charge in [0, 0.05) is 32.0 Å². The van der Waals surface area contributed by atoms with Crippen molar-refractivity contribution in [3.8, 4) is 0 Å². The van der Waals surface area contributed by atoms with Crippen LogP contribution >= 0.6 is 0 Å². The molecule has 0 saturated heterocycles. The lowest BCUT2D eigenvalue weighted by Gasteiger charge is -2.34. The van der Waals surface area contributed by atoms with Crippen LogP contribution in [0.2, 0.25) is 0 Å². The number of hydrogen-bond acceptors (Lipinski definition) is 3. The van der Waals surface area contributed by atoms with E-state index < -0.39 is 0 Å². The van der Waals surface area contributed by atoms with Gasteiger partial charge in [-0.2, -0.15) is 0 Å². The fourth-order valence-corrected chi connectivity index (χ4v) is 2.90. The van der Waals surface area contributed by atoms with Gasteiger partial charge < -0.3 is 10.2 Å². The Morgan fingerprint density at radius 3 is 2.70 bits per heavy atom. The molecule has 0 radical (unpaired) electrons. The number of nitrogens with one attached hydrogen (secondary N) is 1. The average molecular weight is 277 g/mol. The second-order valence-corrected chi connectivity index (χ2v) is 6.27. The molecule has 0 saturated carbocycles. The Morgan fingerprint density at radius 2 is 2.10 bits per heavy atom. The molecule has 0 bridgehead atoms. The van der Waals surface area contributed by atoms with Crippen molar-refractivity contribution in [2.45, 2.75) is 46.6 Å². The summed E-state index contributed by atoms with van der Waals surface area (Å²) in [6, 6.07) is 4.16. The molecule has 1 aromatic rings. The van der Waals surface area contributed by atoms with Crippen LogP contribution in [0.3, 0.4) is 0 Å². The van der Waals surface area contributed by atoms with Gasteiger partial charge in [0.15, 0.2) is 0 Å². The molecule has 114 valence electrons. The van der Waals surface area contributed by atoms with Gasteiger partial charge in [0.2, 0.25) is 0 Å². The molecule has 0 aromatic carbocycles. The molecule has 0 aliphatic rings. The summed E-state index contributed by atoms with van der Waals surface area (Å²) in [6.45, 7) is 11.2. The summed E-state index contributed by atoms with van der Waals surface area (Å²) in [5.41, 5.74) is 1.64. The summed E-state index contributed by atoms with van der Waals surface area (Å²) in [5, 5.41) is 3.59. The van der Waals surface area contributed by atoms with Crippen molar-refractivity contribution in [1.29, 1.82) is 0 Å². The zero-order valence-corrected chi connectivity index (χ0v) is 13.7. The normalized spacial score (nSPS) is 14.4. The Morgan fingerprint density at radius 1 is 1.30 bits per heavy atom. The molecule has 1 atom stereocenters. The predicted molar refractivity (Wildman–Crippen MR) is 86.7 cm³/mol. The van der Waals surface area contributed by atoms with Crippen LogP contribution in [0.4, 0.5) is 0 Å². The summed E-state index contributed by atoms with van der Waals surface area (Å²) in [5.74, 6) is 0. The highest BCUT2D eigenvalue weighted by Crippen LogP contribution is 2.24. The maximum atomic E-state index is 4.19. The van der Waals surface area contributed by atoms with E-state index in [0.29, 0.717) is 5.41 Å². The van der Waals surface area contributed by atoms with Crippen molar-refractivity contribution < 1.29 is 0 Å². The first-order chi connectivity index (χ1) is 9.59. The number of pyridine rings is 1. The molecule has 0 aliphatic carbocycles. The van der Waals surface area contributed by atoms with Crippen molar-refractivity contribution in [2.75, 3.05) is 26.7 Å². The van der Waals surface area contributed by atoms with Gasteiger partial charge in [-0.05, 0) is 43.5 Å². The monoisotopic (exact) mass is 277 g/mol. The minimum atomic E-state index is 0.348. The predicted octanol–water partition coefficient (Wildman–Crippen LogP) is 3.32. The molecule has 1 aromatic heterocycles. The summed E-state index contributed by atoms with van der Waals surface area (Å²) in [7, 11) is 2.21. The van der Waals surface area contributed by atoms with Crippen molar-refractivity contribution in [1.82, 2.24) is 15.2 Å². The Labute approximate surface area is 124 Å². The third-order valence-electron chi connectivity index (χ3n) is 3.66. The Bertz CT molecular complexity index is 353. The first-order valence-electron chi connectivity index (χ1n) is 7.88. The minimum Gasteiger partial charge on any atom is -0.316 e. The number of nitrogens with zero attached hydrogens (tertiary/aromatic N) is 2. The fourth-order valence-electron chi connectivity index (χ4n) is 2.90. The zero-order valence-electron chi connectivity index (χ0n) is 13.7. The SMILES string of the molecule is CCCNCC(C)(CCC)CN(C)Cc1cccnc1. The Kier molecular flexibility index (Phi) is 7.78. The Hall–Kier alpha value is -0.930. The van der Waals surface area contributed by atoms with Crippen molar-refractivity contribution in [2.24, 2.45) is 5.41 Å². The van der Waals surface area contributed by atoms with Gasteiger partial charge in [0.1, 0.15) is 0 Å². The van der Waals surface area contributed by atoms with E-state index >= 15 is 0 Å². The van der Waals surface area contributed by atoms with E-state index in [-0.39, 0.29) is 0 Å².